The van der Waals surface area contributed by atoms with Gasteiger partial charge in [0.25, 0.3) is 11.5 Å². The topological polar surface area (TPSA) is 64.0 Å². The number of piperazine rings is 1. The van der Waals surface area contributed by atoms with Gasteiger partial charge in [-0.1, -0.05) is 24.3 Å². The van der Waals surface area contributed by atoms with Crippen LogP contribution in [-0.4, -0.2) is 55.3 Å². The standard InChI is InChI=1S/C23H25N3O4/c1-24-18-8-4-3-7-17(18)21(15-22(24)27)30-16-23(28)26-13-11-25(12-14-26)19-9-5-6-10-20(19)29-2/h3-10,15H,11-14,16H2,1-2H3. The van der Waals surface area contributed by atoms with E-state index >= 15 is 0 Å². The second-order valence-corrected chi connectivity index (χ2v) is 7.25. The fourth-order valence-corrected chi connectivity index (χ4v) is 3.82. The van der Waals surface area contributed by atoms with E-state index in [1.165, 1.54) is 6.07 Å². The molecule has 0 unspecified atom stereocenters. The molecule has 0 N–H and O–H groups in total. The summed E-state index contributed by atoms with van der Waals surface area (Å²) in [5.74, 6) is 1.19. The number of fused-ring (bicyclic) bond motifs is 1. The highest BCUT2D eigenvalue weighted by atomic mass is 16.5. The number of ether oxygens (including phenoxy) is 2. The summed E-state index contributed by atoms with van der Waals surface area (Å²) in [6.45, 7) is 2.57. The number of rotatable bonds is 5. The molecule has 1 fully saturated rings. The van der Waals surface area contributed by atoms with Crippen LogP contribution in [0.2, 0.25) is 0 Å². The van der Waals surface area contributed by atoms with Gasteiger partial charge in [0.15, 0.2) is 6.61 Å². The van der Waals surface area contributed by atoms with Crippen LogP contribution in [0.5, 0.6) is 11.5 Å². The van der Waals surface area contributed by atoms with E-state index in [-0.39, 0.29) is 18.1 Å². The number of pyridine rings is 1. The van der Waals surface area contributed by atoms with E-state index in [1.54, 1.807) is 23.6 Å². The summed E-state index contributed by atoms with van der Waals surface area (Å²) in [7, 11) is 3.39. The molecule has 2 heterocycles. The average molecular weight is 407 g/mol. The predicted octanol–water partition coefficient (Wildman–Crippen LogP) is 2.27. The first kappa shape index (κ1) is 19.8. The molecule has 7 nitrogen and oxygen atoms in total. The van der Waals surface area contributed by atoms with E-state index in [9.17, 15) is 9.59 Å². The van der Waals surface area contributed by atoms with Gasteiger partial charge in [-0.25, -0.2) is 0 Å². The zero-order valence-corrected chi connectivity index (χ0v) is 17.2. The van der Waals surface area contributed by atoms with Crippen LogP contribution in [0.3, 0.4) is 0 Å². The maximum Gasteiger partial charge on any atom is 0.260 e. The lowest BCUT2D eigenvalue weighted by Gasteiger charge is -2.36. The molecule has 1 saturated heterocycles. The molecular formula is C23H25N3O4. The number of aromatic nitrogens is 1. The monoisotopic (exact) mass is 407 g/mol. The highest BCUT2D eigenvalue weighted by Gasteiger charge is 2.23. The quantitative estimate of drug-likeness (QED) is 0.649. The van der Waals surface area contributed by atoms with Gasteiger partial charge < -0.3 is 23.8 Å². The highest BCUT2D eigenvalue weighted by molar-refractivity contribution is 5.86. The third-order valence-electron chi connectivity index (χ3n) is 5.53. The number of benzene rings is 2. The smallest absolute Gasteiger partial charge is 0.260 e. The van der Waals surface area contributed by atoms with Gasteiger partial charge in [0.05, 0.1) is 18.3 Å². The molecule has 0 aliphatic carbocycles. The van der Waals surface area contributed by atoms with Crippen molar-refractivity contribution in [2.75, 3.05) is 44.8 Å². The van der Waals surface area contributed by atoms with Crippen LogP contribution in [0.4, 0.5) is 5.69 Å². The summed E-state index contributed by atoms with van der Waals surface area (Å²) in [6.07, 6.45) is 0. The normalized spacial score (nSPS) is 14.1. The Bertz CT molecular complexity index is 1120. The van der Waals surface area contributed by atoms with Gasteiger partial charge in [-0.2, -0.15) is 0 Å². The second-order valence-electron chi connectivity index (χ2n) is 7.25. The van der Waals surface area contributed by atoms with Crippen molar-refractivity contribution in [2.24, 2.45) is 7.05 Å². The molecule has 0 atom stereocenters. The SMILES string of the molecule is COc1ccccc1N1CCN(C(=O)COc2cc(=O)n(C)c3ccccc23)CC1. The van der Waals surface area contributed by atoms with Gasteiger partial charge in [0.2, 0.25) is 0 Å². The lowest BCUT2D eigenvalue weighted by atomic mass is 10.2. The molecule has 4 rings (SSSR count). The number of nitrogens with zero attached hydrogens (tertiary/aromatic N) is 3. The van der Waals surface area contributed by atoms with E-state index < -0.39 is 0 Å². The predicted molar refractivity (Wildman–Crippen MR) is 116 cm³/mol. The molecule has 1 aromatic heterocycles. The number of anilines is 1. The van der Waals surface area contributed by atoms with Crippen molar-refractivity contribution in [2.45, 2.75) is 0 Å². The summed E-state index contributed by atoms with van der Waals surface area (Å²) in [5, 5.41) is 0.813. The molecular weight excluding hydrogens is 382 g/mol. The number of methoxy groups -OCH3 is 1. The molecule has 30 heavy (non-hydrogen) atoms. The summed E-state index contributed by atoms with van der Waals surface area (Å²) in [4.78, 5) is 28.9. The first-order valence-electron chi connectivity index (χ1n) is 9.96. The van der Waals surface area contributed by atoms with Gasteiger partial charge >= 0.3 is 0 Å². The van der Waals surface area contributed by atoms with Gasteiger partial charge in [0, 0.05) is 44.7 Å². The Hall–Kier alpha value is -3.48. The van der Waals surface area contributed by atoms with Gasteiger partial charge in [-0.15, -0.1) is 0 Å². The third kappa shape index (κ3) is 3.83. The van der Waals surface area contributed by atoms with Crippen LogP contribution in [0, 0.1) is 0 Å². The Labute approximate surface area is 175 Å². The maximum atomic E-state index is 12.7. The van der Waals surface area contributed by atoms with Crippen LogP contribution in [0.1, 0.15) is 0 Å². The molecule has 3 aromatic rings. The van der Waals surface area contributed by atoms with Gasteiger partial charge in [-0.05, 0) is 24.3 Å². The first-order chi connectivity index (χ1) is 14.6. The molecule has 0 spiro atoms. The molecule has 1 aliphatic rings. The lowest BCUT2D eigenvalue weighted by molar-refractivity contribution is -0.133. The number of carbonyl (C=O) groups excluding carboxylic acids is 1. The van der Waals surface area contributed by atoms with Crippen LogP contribution in [0.25, 0.3) is 10.9 Å². The van der Waals surface area contributed by atoms with E-state index in [2.05, 4.69) is 4.90 Å². The zero-order chi connectivity index (χ0) is 21.1. The molecule has 1 amide bonds. The minimum atomic E-state index is -0.165. The van der Waals surface area contributed by atoms with Crippen LogP contribution >= 0.6 is 0 Å². The van der Waals surface area contributed by atoms with Crippen molar-refractivity contribution < 1.29 is 14.3 Å². The minimum Gasteiger partial charge on any atom is -0.495 e. The largest absolute Gasteiger partial charge is 0.495 e. The lowest BCUT2D eigenvalue weighted by Crippen LogP contribution is -2.50. The van der Waals surface area contributed by atoms with Gasteiger partial charge in [0.1, 0.15) is 11.5 Å². The molecule has 156 valence electrons. The Balaban J connectivity index is 1.40. The van der Waals surface area contributed by atoms with E-state index in [0.29, 0.717) is 18.8 Å². The summed E-state index contributed by atoms with van der Waals surface area (Å²) in [5.41, 5.74) is 1.65. The fourth-order valence-electron chi connectivity index (χ4n) is 3.82. The van der Waals surface area contributed by atoms with E-state index in [0.717, 1.165) is 35.4 Å². The fraction of sp³-hybridized carbons (Fsp3) is 0.304. The molecule has 0 bridgehead atoms. The minimum absolute atomic E-state index is 0.0839. The number of hydrogen-bond acceptors (Lipinski definition) is 5. The average Bonchev–Trinajstić information content (AvgIpc) is 2.80. The van der Waals surface area contributed by atoms with Crippen molar-refractivity contribution in [3.63, 3.8) is 0 Å². The van der Waals surface area contributed by atoms with Crippen molar-refractivity contribution in [3.8, 4) is 11.5 Å². The molecule has 1 aliphatic heterocycles. The number of amides is 1. The molecule has 0 radical (unpaired) electrons. The second kappa shape index (κ2) is 8.49. The van der Waals surface area contributed by atoms with Crippen molar-refractivity contribution >= 4 is 22.5 Å². The van der Waals surface area contributed by atoms with Crippen LogP contribution < -0.4 is 19.9 Å². The summed E-state index contributed by atoms with van der Waals surface area (Å²) >= 11 is 0. The van der Waals surface area contributed by atoms with E-state index in [1.807, 2.05) is 48.5 Å². The third-order valence-corrected chi connectivity index (χ3v) is 5.53. The molecule has 0 saturated carbocycles. The van der Waals surface area contributed by atoms with Crippen molar-refractivity contribution in [3.05, 3.63) is 65.0 Å². The Kier molecular flexibility index (Phi) is 5.61. The summed E-state index contributed by atoms with van der Waals surface area (Å²) < 4.78 is 12.8. The summed E-state index contributed by atoms with van der Waals surface area (Å²) in [6, 6.07) is 16.8. The Morgan fingerprint density at radius 2 is 1.67 bits per heavy atom. The van der Waals surface area contributed by atoms with Crippen molar-refractivity contribution in [1.29, 1.82) is 0 Å². The maximum absolute atomic E-state index is 12.7. The molecule has 7 heteroatoms. The Morgan fingerprint density at radius 1 is 0.967 bits per heavy atom. The number of hydrogen-bond donors (Lipinski definition) is 0. The molecule has 2 aromatic carbocycles. The van der Waals surface area contributed by atoms with Crippen LogP contribution in [-0.2, 0) is 11.8 Å². The zero-order valence-electron chi connectivity index (χ0n) is 17.2. The van der Waals surface area contributed by atoms with Crippen LogP contribution in [0.15, 0.2) is 59.4 Å². The number of carbonyl (C=O) groups is 1. The highest BCUT2D eigenvalue weighted by Crippen LogP contribution is 2.28. The Morgan fingerprint density at radius 3 is 2.43 bits per heavy atom. The van der Waals surface area contributed by atoms with E-state index in [4.69, 9.17) is 9.47 Å². The number of aryl methyl sites for hydroxylation is 1. The van der Waals surface area contributed by atoms with Gasteiger partial charge in [-0.3, -0.25) is 9.59 Å². The first-order valence-corrected chi connectivity index (χ1v) is 9.96. The number of para-hydroxylation sites is 3. The van der Waals surface area contributed by atoms with Crippen molar-refractivity contribution in [1.82, 2.24) is 9.47 Å².